The third-order valence-corrected chi connectivity index (χ3v) is 0.730. The predicted molar refractivity (Wildman–Crippen MR) is 27.7 cm³/mol. The normalized spacial score (nSPS) is 9.43. The van der Waals surface area contributed by atoms with Crippen LogP contribution in [0.2, 0.25) is 0 Å². The van der Waals surface area contributed by atoms with E-state index in [1.165, 1.54) is 0 Å². The molecular formula is C5H11NW. The van der Waals surface area contributed by atoms with Crippen molar-refractivity contribution in [3.8, 4) is 0 Å². The molecule has 1 nitrogen and oxygen atoms in total. The summed E-state index contributed by atoms with van der Waals surface area (Å²) in [6.07, 6.45) is 0. The molecule has 0 aliphatic heterocycles. The van der Waals surface area contributed by atoms with Crippen molar-refractivity contribution in [2.24, 2.45) is 0 Å². The third-order valence-electron chi connectivity index (χ3n) is 0.730. The second kappa shape index (κ2) is 4.80. The Morgan fingerprint density at radius 3 is 1.43 bits per heavy atom. The van der Waals surface area contributed by atoms with E-state index in [0.717, 1.165) is 0 Å². The first kappa shape index (κ1) is 10.6. The van der Waals surface area contributed by atoms with Crippen LogP contribution in [0.3, 0.4) is 0 Å². The summed E-state index contributed by atoms with van der Waals surface area (Å²) in [6, 6.07) is 0.463. The fraction of sp³-hybridized carbons (Fsp3) is 0.600. The summed E-state index contributed by atoms with van der Waals surface area (Å²) in [7, 11) is 7.12. The van der Waals surface area contributed by atoms with Crippen LogP contribution in [0.4, 0.5) is 0 Å². The van der Waals surface area contributed by atoms with Crippen molar-refractivity contribution in [1.82, 2.24) is 4.90 Å². The van der Waals surface area contributed by atoms with Crippen molar-refractivity contribution in [3.63, 3.8) is 0 Å². The van der Waals surface area contributed by atoms with E-state index in [9.17, 15) is 0 Å². The van der Waals surface area contributed by atoms with E-state index >= 15 is 0 Å². The van der Waals surface area contributed by atoms with Crippen LogP contribution in [0.25, 0.3) is 0 Å². The fourth-order valence-corrected chi connectivity index (χ4v) is 0. The standard InChI is InChI=1S/C5H11N.W/c1-5(2)6(3)4;/h5H,3-4H2,1-2H3;/q-2;+2. The van der Waals surface area contributed by atoms with Crippen molar-refractivity contribution >= 4 is 0 Å². The molecule has 0 heterocycles. The second-order valence-corrected chi connectivity index (χ2v) is 1.68. The van der Waals surface area contributed by atoms with Crippen LogP contribution < -0.4 is 0 Å². The van der Waals surface area contributed by atoms with Crippen LogP contribution in [0, 0.1) is 14.1 Å². The molecule has 0 N–H and O–H groups in total. The molecule has 0 saturated heterocycles. The van der Waals surface area contributed by atoms with Gasteiger partial charge in [0.15, 0.2) is 0 Å². The van der Waals surface area contributed by atoms with Crippen LogP contribution >= 0.6 is 0 Å². The minimum absolute atomic E-state index is 0. The van der Waals surface area contributed by atoms with Gasteiger partial charge < -0.3 is 19.0 Å². The zero-order valence-electron chi connectivity index (χ0n) is 4.85. The summed E-state index contributed by atoms with van der Waals surface area (Å²) in [5.74, 6) is 0. The van der Waals surface area contributed by atoms with Gasteiger partial charge in [-0.2, -0.15) is 0 Å². The average Bonchev–Trinajstić information content (AvgIpc) is 1.36. The second-order valence-electron chi connectivity index (χ2n) is 1.68. The number of hydrogen-bond donors (Lipinski definition) is 0. The zero-order valence-corrected chi connectivity index (χ0v) is 7.78. The fourth-order valence-electron chi connectivity index (χ4n) is 0. The molecule has 7 heavy (non-hydrogen) atoms. The summed E-state index contributed by atoms with van der Waals surface area (Å²) in [5, 5.41) is 0. The molecule has 0 saturated carbocycles. The zero-order chi connectivity index (χ0) is 5.15. The molecule has 0 aromatic carbocycles. The molecule has 0 atom stereocenters. The van der Waals surface area contributed by atoms with E-state index in [-0.39, 0.29) is 21.1 Å². The molecule has 0 radical (unpaired) electrons. The molecule has 0 rings (SSSR count). The van der Waals surface area contributed by atoms with Gasteiger partial charge in [-0.1, -0.05) is 13.8 Å². The Bertz CT molecular complexity index is 29.1. The minimum atomic E-state index is 0. The van der Waals surface area contributed by atoms with Gasteiger partial charge in [0.25, 0.3) is 0 Å². The number of hydrogen-bond acceptors (Lipinski definition) is 1. The Morgan fingerprint density at radius 1 is 1.29 bits per heavy atom. The predicted octanol–water partition coefficient (Wildman–Crippen LogP) is 1.28. The molecular weight excluding hydrogens is 258 g/mol. The minimum Gasteiger partial charge on any atom is -0.608 e. The summed E-state index contributed by atoms with van der Waals surface area (Å²) in [4.78, 5) is 1.67. The Labute approximate surface area is 60.3 Å². The maximum Gasteiger partial charge on any atom is 2.00 e. The SMILES string of the molecule is [CH2-]N([CH2-])C(C)C.[W+2]. The van der Waals surface area contributed by atoms with Crippen LogP contribution in [0.1, 0.15) is 13.8 Å². The molecule has 0 spiro atoms. The summed E-state index contributed by atoms with van der Waals surface area (Å²) in [5.41, 5.74) is 0. The van der Waals surface area contributed by atoms with Gasteiger partial charge in [0.05, 0.1) is 0 Å². The van der Waals surface area contributed by atoms with E-state index in [1.807, 2.05) is 13.8 Å². The number of nitrogens with zero attached hydrogens (tertiary/aromatic N) is 1. The molecule has 0 amide bonds. The van der Waals surface area contributed by atoms with E-state index in [2.05, 4.69) is 14.1 Å². The van der Waals surface area contributed by atoms with Crippen molar-refractivity contribution in [2.45, 2.75) is 19.9 Å². The van der Waals surface area contributed by atoms with Crippen molar-refractivity contribution in [1.29, 1.82) is 0 Å². The largest absolute Gasteiger partial charge is 2.00 e. The third kappa shape index (κ3) is 6.65. The summed E-state index contributed by atoms with van der Waals surface area (Å²) >= 11 is 0. The van der Waals surface area contributed by atoms with E-state index in [1.54, 1.807) is 4.90 Å². The molecule has 0 aromatic rings. The monoisotopic (exact) mass is 269 g/mol. The van der Waals surface area contributed by atoms with Crippen LogP contribution in [0.15, 0.2) is 0 Å². The summed E-state index contributed by atoms with van der Waals surface area (Å²) in [6.45, 7) is 4.08. The van der Waals surface area contributed by atoms with Gasteiger partial charge in [-0.25, -0.2) is 0 Å². The maximum atomic E-state index is 3.56. The van der Waals surface area contributed by atoms with Crippen molar-refractivity contribution in [3.05, 3.63) is 14.1 Å². The first-order valence-corrected chi connectivity index (χ1v) is 2.05. The van der Waals surface area contributed by atoms with Gasteiger partial charge in [0.2, 0.25) is 0 Å². The number of rotatable bonds is 1. The Hall–Kier alpha value is 0.648. The first-order valence-electron chi connectivity index (χ1n) is 2.05. The Balaban J connectivity index is 0. The van der Waals surface area contributed by atoms with E-state index in [0.29, 0.717) is 6.04 Å². The van der Waals surface area contributed by atoms with E-state index in [4.69, 9.17) is 0 Å². The first-order chi connectivity index (χ1) is 2.64. The van der Waals surface area contributed by atoms with Gasteiger partial charge in [0, 0.05) is 0 Å². The van der Waals surface area contributed by atoms with Crippen LogP contribution in [-0.2, 0) is 21.1 Å². The molecule has 0 unspecified atom stereocenters. The van der Waals surface area contributed by atoms with Crippen LogP contribution in [-0.4, -0.2) is 10.9 Å². The van der Waals surface area contributed by atoms with Gasteiger partial charge >= 0.3 is 21.1 Å². The molecule has 2 heteroatoms. The van der Waals surface area contributed by atoms with Gasteiger partial charge in [-0.15, -0.1) is 0 Å². The van der Waals surface area contributed by atoms with E-state index < -0.39 is 0 Å². The summed E-state index contributed by atoms with van der Waals surface area (Å²) < 4.78 is 0. The molecule has 0 aromatic heterocycles. The molecule has 0 fully saturated rings. The Kier molecular flexibility index (Phi) is 7.26. The molecule has 0 aliphatic rings. The van der Waals surface area contributed by atoms with Gasteiger partial charge in [-0.3, -0.25) is 0 Å². The molecule has 42 valence electrons. The molecule has 0 aliphatic carbocycles. The molecule has 0 bridgehead atoms. The van der Waals surface area contributed by atoms with Gasteiger partial charge in [-0.05, 0) is 6.04 Å². The van der Waals surface area contributed by atoms with Gasteiger partial charge in [0.1, 0.15) is 0 Å². The van der Waals surface area contributed by atoms with Crippen LogP contribution in [0.5, 0.6) is 0 Å². The average molecular weight is 269 g/mol. The Morgan fingerprint density at radius 2 is 1.43 bits per heavy atom. The maximum absolute atomic E-state index is 3.56. The smallest absolute Gasteiger partial charge is 0.608 e. The topological polar surface area (TPSA) is 3.24 Å². The van der Waals surface area contributed by atoms with Crippen molar-refractivity contribution < 1.29 is 21.1 Å². The quantitative estimate of drug-likeness (QED) is 0.648. The van der Waals surface area contributed by atoms with Crippen molar-refractivity contribution in [2.75, 3.05) is 0 Å².